The Morgan fingerprint density at radius 2 is 2.21 bits per heavy atom. The second-order valence-corrected chi connectivity index (χ2v) is 6.21. The molecule has 3 heterocycles. The summed E-state index contributed by atoms with van der Waals surface area (Å²) in [5, 5.41) is 11.9. The van der Waals surface area contributed by atoms with E-state index >= 15 is 0 Å². The molecule has 10 nitrogen and oxygen atoms in total. The summed E-state index contributed by atoms with van der Waals surface area (Å²) in [5.41, 5.74) is 0.716. The highest BCUT2D eigenvalue weighted by atomic mass is 19.1. The van der Waals surface area contributed by atoms with Crippen molar-refractivity contribution in [2.24, 2.45) is 5.10 Å². The van der Waals surface area contributed by atoms with E-state index in [4.69, 9.17) is 9.26 Å². The van der Waals surface area contributed by atoms with Gasteiger partial charge in [-0.2, -0.15) is 5.10 Å². The van der Waals surface area contributed by atoms with Gasteiger partial charge in [-0.05, 0) is 18.2 Å². The summed E-state index contributed by atoms with van der Waals surface area (Å²) in [4.78, 5) is 25.8. The molecule has 2 aromatic rings. The molecule has 2 amide bonds. The lowest BCUT2D eigenvalue weighted by Crippen LogP contribution is -2.37. The van der Waals surface area contributed by atoms with Crippen LogP contribution in [0.3, 0.4) is 0 Å². The number of carbonyl (C=O) groups excluding carboxylic acids is 2. The predicted octanol–water partition coefficient (Wildman–Crippen LogP) is 1.47. The summed E-state index contributed by atoms with van der Waals surface area (Å²) in [6, 6.07) is 6.15. The van der Waals surface area contributed by atoms with Crippen molar-refractivity contribution in [3.05, 3.63) is 36.3 Å². The Morgan fingerprint density at radius 1 is 1.32 bits per heavy atom. The number of hydrogen-bond donors (Lipinski definition) is 1. The van der Waals surface area contributed by atoms with Gasteiger partial charge in [-0.25, -0.2) is 14.2 Å². The molecule has 0 saturated carbocycles. The zero-order chi connectivity index (χ0) is 19.5. The van der Waals surface area contributed by atoms with Gasteiger partial charge in [-0.15, -0.1) is 0 Å². The molecule has 0 unspecified atom stereocenters. The number of ether oxygens (including phenoxy) is 1. The van der Waals surface area contributed by atoms with Crippen LogP contribution in [0.25, 0.3) is 0 Å². The highest BCUT2D eigenvalue weighted by Gasteiger charge is 2.33. The third-order valence-electron chi connectivity index (χ3n) is 4.41. The average Bonchev–Trinajstić information content (AvgIpc) is 3.36. The second kappa shape index (κ2) is 7.55. The number of anilines is 3. The van der Waals surface area contributed by atoms with Crippen LogP contribution in [0.4, 0.5) is 26.4 Å². The molecule has 4 rings (SSSR count). The van der Waals surface area contributed by atoms with Gasteiger partial charge in [-0.3, -0.25) is 9.69 Å². The van der Waals surface area contributed by atoms with Gasteiger partial charge in [0.25, 0.3) is 0 Å². The van der Waals surface area contributed by atoms with Crippen LogP contribution < -0.4 is 15.1 Å². The van der Waals surface area contributed by atoms with E-state index in [1.54, 1.807) is 23.1 Å². The van der Waals surface area contributed by atoms with Crippen LogP contribution in [-0.4, -0.2) is 61.3 Å². The molecule has 0 aliphatic carbocycles. The number of cyclic esters (lactones) is 1. The van der Waals surface area contributed by atoms with Gasteiger partial charge in [-0.1, -0.05) is 5.16 Å². The van der Waals surface area contributed by atoms with Gasteiger partial charge < -0.3 is 19.5 Å². The molecule has 1 N–H and O–H groups in total. The average molecular weight is 388 g/mol. The molecule has 0 radical (unpaired) electrons. The van der Waals surface area contributed by atoms with Gasteiger partial charge >= 0.3 is 6.09 Å². The van der Waals surface area contributed by atoms with E-state index < -0.39 is 18.0 Å². The Kier molecular flexibility index (Phi) is 4.79. The monoisotopic (exact) mass is 388 g/mol. The second-order valence-electron chi connectivity index (χ2n) is 6.21. The first kappa shape index (κ1) is 17.8. The van der Waals surface area contributed by atoms with Gasteiger partial charge in [0.2, 0.25) is 6.41 Å². The van der Waals surface area contributed by atoms with Crippen molar-refractivity contribution in [2.45, 2.75) is 6.10 Å². The predicted molar refractivity (Wildman–Crippen MR) is 97.6 cm³/mol. The van der Waals surface area contributed by atoms with Crippen molar-refractivity contribution in [3.63, 3.8) is 0 Å². The summed E-state index contributed by atoms with van der Waals surface area (Å²) in [6.07, 6.45) is 2.49. The van der Waals surface area contributed by atoms with Crippen LogP contribution in [0, 0.1) is 5.82 Å². The van der Waals surface area contributed by atoms with E-state index in [1.165, 1.54) is 28.6 Å². The fourth-order valence-electron chi connectivity index (χ4n) is 2.97. The minimum Gasteiger partial charge on any atom is -0.442 e. The summed E-state index contributed by atoms with van der Waals surface area (Å²) < 4.78 is 24.7. The third kappa shape index (κ3) is 3.59. The number of rotatable bonds is 6. The number of hydrazone groups is 1. The maximum absolute atomic E-state index is 14.6. The van der Waals surface area contributed by atoms with Crippen molar-refractivity contribution in [2.75, 3.05) is 41.3 Å². The molecule has 11 heteroatoms. The lowest BCUT2D eigenvalue weighted by Gasteiger charge is -2.27. The summed E-state index contributed by atoms with van der Waals surface area (Å²) in [5.74, 6) is 0.0433. The van der Waals surface area contributed by atoms with E-state index in [1.807, 2.05) is 0 Å². The maximum atomic E-state index is 14.6. The van der Waals surface area contributed by atoms with Crippen LogP contribution in [0.5, 0.6) is 0 Å². The summed E-state index contributed by atoms with van der Waals surface area (Å²) in [6.45, 7) is 1.41. The fraction of sp³-hybridized carbons (Fsp3) is 0.294. The standard InChI is InChI=1S/C17H17FN6O4/c18-14-7-12(1-2-15(14)22-4-5-23(11-25)20-10-22)24-9-13(28-17(24)26)8-19-16-3-6-27-21-16/h1-3,6-7,10-11,13H,4-5,8-9H2,(H,19,21)/t13-/m0/s1. The van der Waals surface area contributed by atoms with Crippen LogP contribution in [0.2, 0.25) is 0 Å². The summed E-state index contributed by atoms with van der Waals surface area (Å²) in [7, 11) is 0. The van der Waals surface area contributed by atoms with Crippen LogP contribution in [0.15, 0.2) is 40.2 Å². The molecule has 1 saturated heterocycles. The van der Waals surface area contributed by atoms with Crippen LogP contribution >= 0.6 is 0 Å². The van der Waals surface area contributed by atoms with E-state index in [-0.39, 0.29) is 6.54 Å². The molecule has 0 bridgehead atoms. The zero-order valence-corrected chi connectivity index (χ0v) is 14.7. The first-order valence-electron chi connectivity index (χ1n) is 8.58. The molecule has 1 aromatic carbocycles. The Hall–Kier alpha value is -3.63. The Bertz CT molecular complexity index is 890. The van der Waals surface area contributed by atoms with E-state index in [9.17, 15) is 14.0 Å². The zero-order valence-electron chi connectivity index (χ0n) is 14.7. The fourth-order valence-corrected chi connectivity index (χ4v) is 2.97. The first-order valence-corrected chi connectivity index (χ1v) is 8.58. The Labute approximate surface area is 159 Å². The number of benzene rings is 1. The number of nitrogens with zero attached hydrogens (tertiary/aromatic N) is 5. The number of carbonyl (C=O) groups is 2. The molecule has 2 aliphatic heterocycles. The number of aromatic nitrogens is 1. The van der Waals surface area contributed by atoms with Crippen LogP contribution in [-0.2, 0) is 9.53 Å². The molecule has 2 aliphatic rings. The normalized spacial score (nSPS) is 19.1. The lowest BCUT2D eigenvalue weighted by molar-refractivity contribution is -0.118. The van der Waals surface area contributed by atoms with E-state index in [0.717, 1.165) is 0 Å². The molecule has 0 spiro atoms. The minimum absolute atomic E-state index is 0.280. The Morgan fingerprint density at radius 3 is 2.89 bits per heavy atom. The number of hydrogen-bond acceptors (Lipinski definition) is 8. The quantitative estimate of drug-likeness (QED) is 0.748. The third-order valence-corrected chi connectivity index (χ3v) is 4.41. The van der Waals surface area contributed by atoms with Gasteiger partial charge in [0.05, 0.1) is 31.0 Å². The molecule has 1 fully saturated rings. The summed E-state index contributed by atoms with van der Waals surface area (Å²) >= 11 is 0. The number of halogens is 1. The van der Waals surface area contributed by atoms with E-state index in [0.29, 0.717) is 43.2 Å². The van der Waals surface area contributed by atoms with Crippen molar-refractivity contribution < 1.29 is 23.2 Å². The van der Waals surface area contributed by atoms with Crippen LogP contribution in [0.1, 0.15) is 0 Å². The molecule has 28 heavy (non-hydrogen) atoms. The first-order chi connectivity index (χ1) is 13.6. The molecular formula is C17H17FN6O4. The van der Waals surface area contributed by atoms with Crippen molar-refractivity contribution >= 4 is 36.0 Å². The van der Waals surface area contributed by atoms with Gasteiger partial charge in [0.1, 0.15) is 24.5 Å². The lowest BCUT2D eigenvalue weighted by atomic mass is 10.2. The van der Waals surface area contributed by atoms with Crippen molar-refractivity contribution in [1.82, 2.24) is 10.2 Å². The maximum Gasteiger partial charge on any atom is 0.414 e. The highest BCUT2D eigenvalue weighted by molar-refractivity contribution is 5.90. The van der Waals surface area contributed by atoms with Gasteiger partial charge in [0.15, 0.2) is 5.82 Å². The minimum atomic E-state index is -0.541. The van der Waals surface area contributed by atoms with Crippen molar-refractivity contribution in [1.29, 1.82) is 0 Å². The van der Waals surface area contributed by atoms with Gasteiger partial charge in [0, 0.05) is 12.6 Å². The number of amides is 2. The molecule has 1 aromatic heterocycles. The highest BCUT2D eigenvalue weighted by Crippen LogP contribution is 2.28. The van der Waals surface area contributed by atoms with E-state index in [2.05, 4.69) is 15.6 Å². The molecule has 146 valence electrons. The topological polar surface area (TPSA) is 104 Å². The van der Waals surface area contributed by atoms with Crippen molar-refractivity contribution in [3.8, 4) is 0 Å². The number of nitrogens with one attached hydrogen (secondary N) is 1. The smallest absolute Gasteiger partial charge is 0.414 e. The Balaban J connectivity index is 1.42. The largest absolute Gasteiger partial charge is 0.442 e. The molecular weight excluding hydrogens is 371 g/mol. The molecule has 1 atom stereocenters. The SMILES string of the molecule is O=CN1CCN(c2ccc(N3C[C@H](CNc4ccon4)OC3=O)cc2F)C=N1.